The molecule has 0 spiro atoms. The van der Waals surface area contributed by atoms with Gasteiger partial charge in [-0.15, -0.1) is 0 Å². The molecule has 2 N–H and O–H groups in total. The van der Waals surface area contributed by atoms with Crippen molar-refractivity contribution in [1.82, 2.24) is 15.1 Å². The number of H-pyrrole nitrogens is 1. The number of benzene rings is 2. The lowest BCUT2D eigenvalue weighted by molar-refractivity contribution is -0.121. The number of ether oxygens (including phenoxy) is 1. The SMILES string of the molecule is O=C(CCn1[nH]c(=O)c2ccccc2c1=O)NCc1ccccc1OC(F)F. The number of halogens is 2. The highest BCUT2D eigenvalue weighted by molar-refractivity contribution is 5.80. The minimum atomic E-state index is -2.96. The number of hydrogen-bond donors (Lipinski definition) is 2. The zero-order chi connectivity index (χ0) is 20.1. The largest absolute Gasteiger partial charge is 0.434 e. The van der Waals surface area contributed by atoms with Gasteiger partial charge in [0.05, 0.1) is 17.3 Å². The fourth-order valence-electron chi connectivity index (χ4n) is 2.76. The number of aryl methyl sites for hydroxylation is 1. The molecule has 0 aliphatic rings. The van der Waals surface area contributed by atoms with E-state index in [1.807, 2.05) is 0 Å². The normalized spacial score (nSPS) is 11.0. The second-order valence-electron chi connectivity index (χ2n) is 5.96. The van der Waals surface area contributed by atoms with Crippen molar-refractivity contribution < 1.29 is 18.3 Å². The Labute approximate surface area is 157 Å². The average molecular weight is 389 g/mol. The molecule has 28 heavy (non-hydrogen) atoms. The fraction of sp³-hybridized carbons (Fsp3) is 0.211. The lowest BCUT2D eigenvalue weighted by Gasteiger charge is -2.12. The van der Waals surface area contributed by atoms with Crippen LogP contribution in [-0.4, -0.2) is 22.3 Å². The maximum absolute atomic E-state index is 12.4. The molecule has 0 saturated heterocycles. The van der Waals surface area contributed by atoms with Crippen molar-refractivity contribution in [3.8, 4) is 5.75 Å². The standard InChI is InChI=1S/C19H17F2N3O4/c20-19(21)28-15-8-4-1-5-12(15)11-22-16(25)9-10-24-18(27)14-7-3-2-6-13(14)17(26)23-24/h1-8,19H,9-11H2,(H,22,25)(H,23,26). The number of para-hydroxylation sites is 1. The molecule has 146 valence electrons. The van der Waals surface area contributed by atoms with Crippen LogP contribution in [0, 0.1) is 0 Å². The number of aromatic amines is 1. The van der Waals surface area contributed by atoms with Gasteiger partial charge in [0.1, 0.15) is 5.75 Å². The summed E-state index contributed by atoms with van der Waals surface area (Å²) in [6.45, 7) is -3.00. The third-order valence-electron chi connectivity index (χ3n) is 4.11. The Kier molecular flexibility index (Phi) is 5.83. The second-order valence-corrected chi connectivity index (χ2v) is 5.96. The van der Waals surface area contributed by atoms with Crippen molar-refractivity contribution in [2.75, 3.05) is 0 Å². The molecular weight excluding hydrogens is 372 g/mol. The van der Waals surface area contributed by atoms with Gasteiger partial charge in [0.15, 0.2) is 0 Å². The summed E-state index contributed by atoms with van der Waals surface area (Å²) in [5, 5.41) is 5.58. The predicted molar refractivity (Wildman–Crippen MR) is 98.4 cm³/mol. The van der Waals surface area contributed by atoms with Gasteiger partial charge in [-0.25, -0.2) is 4.68 Å². The lowest BCUT2D eigenvalue weighted by Crippen LogP contribution is -2.32. The van der Waals surface area contributed by atoms with E-state index in [1.165, 1.54) is 6.07 Å². The van der Waals surface area contributed by atoms with Gasteiger partial charge in [-0.3, -0.25) is 19.5 Å². The van der Waals surface area contributed by atoms with Crippen molar-refractivity contribution in [1.29, 1.82) is 0 Å². The summed E-state index contributed by atoms with van der Waals surface area (Å²) in [7, 11) is 0. The van der Waals surface area contributed by atoms with E-state index in [-0.39, 0.29) is 36.0 Å². The number of amides is 1. The van der Waals surface area contributed by atoms with E-state index in [9.17, 15) is 23.2 Å². The zero-order valence-corrected chi connectivity index (χ0v) is 14.7. The van der Waals surface area contributed by atoms with E-state index in [0.717, 1.165) is 4.68 Å². The first-order valence-corrected chi connectivity index (χ1v) is 8.47. The molecule has 9 heteroatoms. The maximum atomic E-state index is 12.4. The molecule has 3 rings (SSSR count). The number of alkyl halides is 2. The summed E-state index contributed by atoms with van der Waals surface area (Å²) in [5.74, 6) is -0.430. The number of fused-ring (bicyclic) bond motifs is 1. The molecule has 0 unspecified atom stereocenters. The molecule has 0 bridgehead atoms. The number of nitrogens with one attached hydrogen (secondary N) is 2. The molecule has 0 fully saturated rings. The van der Waals surface area contributed by atoms with Crippen LogP contribution >= 0.6 is 0 Å². The minimum Gasteiger partial charge on any atom is -0.434 e. The van der Waals surface area contributed by atoms with Gasteiger partial charge in [-0.1, -0.05) is 30.3 Å². The van der Waals surface area contributed by atoms with Gasteiger partial charge in [0.2, 0.25) is 5.91 Å². The first-order valence-electron chi connectivity index (χ1n) is 8.47. The first kappa shape index (κ1) is 19.3. The number of aromatic nitrogens is 2. The van der Waals surface area contributed by atoms with Gasteiger partial charge in [0.25, 0.3) is 11.1 Å². The molecule has 2 aromatic carbocycles. The van der Waals surface area contributed by atoms with Crippen molar-refractivity contribution >= 4 is 16.7 Å². The topological polar surface area (TPSA) is 93.2 Å². The Bertz CT molecular complexity index is 1110. The Morgan fingerprint density at radius 1 is 1.07 bits per heavy atom. The number of carbonyl (C=O) groups excluding carboxylic acids is 1. The highest BCUT2D eigenvalue weighted by Gasteiger charge is 2.11. The van der Waals surface area contributed by atoms with Crippen LogP contribution in [0.3, 0.4) is 0 Å². The molecule has 0 atom stereocenters. The minimum absolute atomic E-state index is 0.00906. The van der Waals surface area contributed by atoms with Crippen molar-refractivity contribution in [2.45, 2.75) is 26.1 Å². The second kappa shape index (κ2) is 8.47. The van der Waals surface area contributed by atoms with E-state index in [1.54, 1.807) is 42.5 Å². The quantitative estimate of drug-likeness (QED) is 0.646. The molecular formula is C19H17F2N3O4. The monoisotopic (exact) mass is 389 g/mol. The van der Waals surface area contributed by atoms with Crippen LogP contribution in [0.5, 0.6) is 5.75 Å². The van der Waals surface area contributed by atoms with Crippen LogP contribution in [0.1, 0.15) is 12.0 Å². The molecule has 0 saturated carbocycles. The zero-order valence-electron chi connectivity index (χ0n) is 14.7. The highest BCUT2D eigenvalue weighted by Crippen LogP contribution is 2.19. The molecule has 1 heterocycles. The lowest BCUT2D eigenvalue weighted by atomic mass is 10.2. The molecule has 0 aliphatic carbocycles. The number of carbonyl (C=O) groups is 1. The van der Waals surface area contributed by atoms with Gasteiger partial charge >= 0.3 is 6.61 Å². The van der Waals surface area contributed by atoms with Crippen LogP contribution in [0.4, 0.5) is 8.78 Å². The van der Waals surface area contributed by atoms with Crippen molar-refractivity contribution in [2.24, 2.45) is 0 Å². The van der Waals surface area contributed by atoms with Crippen LogP contribution in [0.15, 0.2) is 58.1 Å². The number of hydrogen-bond acceptors (Lipinski definition) is 4. The summed E-state index contributed by atoms with van der Waals surface area (Å²) in [4.78, 5) is 36.5. The fourth-order valence-corrected chi connectivity index (χ4v) is 2.76. The van der Waals surface area contributed by atoms with Crippen molar-refractivity contribution in [3.05, 3.63) is 74.8 Å². The smallest absolute Gasteiger partial charge is 0.387 e. The van der Waals surface area contributed by atoms with Gasteiger partial charge in [0, 0.05) is 18.5 Å². The summed E-state index contributed by atoms with van der Waals surface area (Å²) in [5.41, 5.74) is -0.431. The Morgan fingerprint density at radius 2 is 1.75 bits per heavy atom. The molecule has 7 nitrogen and oxygen atoms in total. The summed E-state index contributed by atoms with van der Waals surface area (Å²) in [6, 6.07) is 12.5. The Hall–Kier alpha value is -3.49. The average Bonchev–Trinajstić information content (AvgIpc) is 2.68. The third-order valence-corrected chi connectivity index (χ3v) is 4.11. The van der Waals surface area contributed by atoms with E-state index in [4.69, 9.17) is 0 Å². The molecule has 1 amide bonds. The Balaban J connectivity index is 1.64. The van der Waals surface area contributed by atoms with E-state index < -0.39 is 23.6 Å². The van der Waals surface area contributed by atoms with E-state index in [2.05, 4.69) is 15.2 Å². The number of rotatable bonds is 7. The maximum Gasteiger partial charge on any atom is 0.387 e. The van der Waals surface area contributed by atoms with Crippen LogP contribution in [0.2, 0.25) is 0 Å². The van der Waals surface area contributed by atoms with Crippen LogP contribution < -0.4 is 21.2 Å². The van der Waals surface area contributed by atoms with Gasteiger partial charge in [-0.05, 0) is 18.2 Å². The van der Waals surface area contributed by atoms with Crippen molar-refractivity contribution in [3.63, 3.8) is 0 Å². The van der Waals surface area contributed by atoms with Gasteiger partial charge < -0.3 is 10.1 Å². The van der Waals surface area contributed by atoms with Crippen LogP contribution in [-0.2, 0) is 17.9 Å². The molecule has 1 aromatic heterocycles. The summed E-state index contributed by atoms with van der Waals surface area (Å²) < 4.78 is 30.3. The Morgan fingerprint density at radius 3 is 2.50 bits per heavy atom. The molecule has 3 aromatic rings. The number of nitrogens with zero attached hydrogens (tertiary/aromatic N) is 1. The van der Waals surface area contributed by atoms with E-state index in [0.29, 0.717) is 5.56 Å². The van der Waals surface area contributed by atoms with E-state index >= 15 is 0 Å². The molecule has 0 aliphatic heterocycles. The van der Waals surface area contributed by atoms with Crippen LogP contribution in [0.25, 0.3) is 10.8 Å². The van der Waals surface area contributed by atoms with Gasteiger partial charge in [-0.2, -0.15) is 8.78 Å². The molecule has 0 radical (unpaired) electrons. The predicted octanol–water partition coefficient (Wildman–Crippen LogP) is 2.00. The summed E-state index contributed by atoms with van der Waals surface area (Å²) >= 11 is 0. The summed E-state index contributed by atoms with van der Waals surface area (Å²) in [6.07, 6.45) is -0.0773. The highest BCUT2D eigenvalue weighted by atomic mass is 19.3. The first-order chi connectivity index (χ1) is 13.5. The third kappa shape index (κ3) is 4.43.